The van der Waals surface area contributed by atoms with E-state index in [1.165, 1.54) is 18.2 Å². The van der Waals surface area contributed by atoms with Crippen LogP contribution in [0.5, 0.6) is 11.6 Å². The molecule has 4 heterocycles. The van der Waals surface area contributed by atoms with E-state index in [4.69, 9.17) is 18.9 Å². The molecule has 0 spiro atoms. The number of alkyl carbamates (subject to hydrolysis) is 1. The van der Waals surface area contributed by atoms with Gasteiger partial charge in [0.25, 0.3) is 5.91 Å². The summed E-state index contributed by atoms with van der Waals surface area (Å²) in [5, 5.41) is 7.08. The number of carbonyl (C=O) groups is 4. The molecule has 17 heteroatoms. The van der Waals surface area contributed by atoms with E-state index in [0.717, 1.165) is 11.8 Å². The highest BCUT2D eigenvalue weighted by Crippen LogP contribution is 2.48. The first-order valence-electron chi connectivity index (χ1n) is 20.2. The summed E-state index contributed by atoms with van der Waals surface area (Å²) in [7, 11) is -2.86. The van der Waals surface area contributed by atoms with Crippen molar-refractivity contribution < 1.29 is 50.9 Å². The van der Waals surface area contributed by atoms with Gasteiger partial charge in [0, 0.05) is 29.7 Å². The minimum absolute atomic E-state index is 0.0154. The van der Waals surface area contributed by atoms with E-state index in [-0.39, 0.29) is 50.6 Å². The van der Waals surface area contributed by atoms with Gasteiger partial charge in [-0.1, -0.05) is 44.2 Å². The lowest BCUT2D eigenvalue weighted by atomic mass is 9.88. The van der Waals surface area contributed by atoms with Crippen LogP contribution >= 0.6 is 0 Å². The summed E-state index contributed by atoms with van der Waals surface area (Å²) in [5.41, 5.74) is -2.55. The zero-order chi connectivity index (χ0) is 41.5. The standard InChI is InChI=1S/C41H54FN5O10S/c1-25-10-5-6-11-27-20-41(27,37(50)46-58(52,53)40(23-42)15-16-40)45-34(48)31-19-28(56-35-30-13-8-7-12-29(30)32(54-4)21-43-35)22-47(31)36(49)33(26(2)18-25)44-38(51)57-39(3)14-9-17-55-24-39/h6-8,11-13,21,25-28,31,33H,5,9-10,14-20,22-24H2,1-4H3,(H,44,51)(H,45,48)(H,46,50)/b11-6-/t25-,26+,27+,28+,31-,33-,39?,41+/m0/s1. The molecule has 316 valence electrons. The Morgan fingerprint density at radius 2 is 1.88 bits per heavy atom. The first kappa shape index (κ1) is 41.6. The molecule has 2 aliphatic carbocycles. The predicted molar refractivity (Wildman–Crippen MR) is 210 cm³/mol. The van der Waals surface area contributed by atoms with Gasteiger partial charge in [0.1, 0.15) is 46.5 Å². The SMILES string of the molecule is COc1cnc(O[C@@H]2C[C@H]3C(=O)N[C@]4(C(=O)NS(=O)(=O)C5(CF)CC5)C[C@H]4/C=C\CC[C@H](C)C[C@@H](C)[C@H](NC(=O)OC4(C)CCCOC4)C(=O)N3C2)c2ccccc12. The van der Waals surface area contributed by atoms with Gasteiger partial charge in [-0.15, -0.1) is 0 Å². The van der Waals surface area contributed by atoms with Crippen LogP contribution in [0.3, 0.4) is 0 Å². The molecule has 2 aromatic rings. The number of sulfonamides is 1. The lowest BCUT2D eigenvalue weighted by Gasteiger charge is -2.35. The molecule has 1 aromatic heterocycles. The van der Waals surface area contributed by atoms with E-state index >= 15 is 0 Å². The fraction of sp³-hybridized carbons (Fsp3) is 0.634. The average Bonchev–Trinajstić information content (AvgIpc) is 4.10. The van der Waals surface area contributed by atoms with E-state index in [9.17, 15) is 32.0 Å². The molecular weight excluding hydrogens is 774 g/mol. The van der Waals surface area contributed by atoms with Gasteiger partial charge in [-0.05, 0) is 76.2 Å². The second kappa shape index (κ2) is 16.3. The lowest BCUT2D eigenvalue weighted by molar-refractivity contribution is -0.142. The molecule has 1 unspecified atom stereocenters. The van der Waals surface area contributed by atoms with Crippen molar-refractivity contribution >= 4 is 44.6 Å². The van der Waals surface area contributed by atoms with Crippen molar-refractivity contribution in [1.29, 1.82) is 0 Å². The maximum Gasteiger partial charge on any atom is 0.408 e. The lowest BCUT2D eigenvalue weighted by Crippen LogP contribution is -2.59. The monoisotopic (exact) mass is 827 g/mol. The summed E-state index contributed by atoms with van der Waals surface area (Å²) in [5.74, 6) is -2.24. The van der Waals surface area contributed by atoms with Crippen LogP contribution in [0.25, 0.3) is 10.8 Å². The molecule has 58 heavy (non-hydrogen) atoms. The number of amides is 4. The number of pyridine rings is 1. The predicted octanol–water partition coefficient (Wildman–Crippen LogP) is 4.09. The molecular formula is C41H54FN5O10S. The number of rotatable bonds is 9. The number of fused-ring (bicyclic) bond motifs is 3. The van der Waals surface area contributed by atoms with Crippen LogP contribution < -0.4 is 24.8 Å². The van der Waals surface area contributed by atoms with Crippen LogP contribution in [0.4, 0.5) is 9.18 Å². The first-order chi connectivity index (χ1) is 27.6. The number of halogens is 1. The third-order valence-corrected chi connectivity index (χ3v) is 14.6. The number of hydrogen-bond donors (Lipinski definition) is 3. The molecule has 0 bridgehead atoms. The number of allylic oxidation sites excluding steroid dienone is 1. The van der Waals surface area contributed by atoms with Crippen LogP contribution in [-0.4, -0.2) is 110 Å². The van der Waals surface area contributed by atoms with Crippen molar-refractivity contribution in [2.45, 2.75) is 113 Å². The Balaban J connectivity index is 1.21. The van der Waals surface area contributed by atoms with Crippen LogP contribution in [-0.2, 0) is 33.9 Å². The molecule has 2 saturated carbocycles. The van der Waals surface area contributed by atoms with E-state index in [1.54, 1.807) is 6.92 Å². The van der Waals surface area contributed by atoms with Gasteiger partial charge >= 0.3 is 6.09 Å². The van der Waals surface area contributed by atoms with Crippen LogP contribution in [0.1, 0.15) is 78.6 Å². The Labute approximate surface area is 338 Å². The van der Waals surface area contributed by atoms with Crippen LogP contribution in [0.2, 0.25) is 0 Å². The smallest absolute Gasteiger partial charge is 0.408 e. The van der Waals surface area contributed by atoms with Crippen LogP contribution in [0.15, 0.2) is 42.6 Å². The number of aromatic nitrogens is 1. The molecule has 7 rings (SSSR count). The number of carbonyl (C=O) groups excluding carboxylic acids is 4. The van der Waals surface area contributed by atoms with Crippen molar-refractivity contribution in [2.75, 3.05) is 33.5 Å². The van der Waals surface area contributed by atoms with Crippen LogP contribution in [0, 0.1) is 17.8 Å². The maximum atomic E-state index is 14.9. The third-order valence-electron chi connectivity index (χ3n) is 12.5. The summed E-state index contributed by atoms with van der Waals surface area (Å²) in [6.45, 7) is 5.29. The van der Waals surface area contributed by atoms with Gasteiger partial charge in [0.05, 0.1) is 26.5 Å². The summed E-state index contributed by atoms with van der Waals surface area (Å²) in [4.78, 5) is 62.9. The number of methoxy groups -OCH3 is 1. The van der Waals surface area contributed by atoms with Gasteiger partial charge in [0.2, 0.25) is 27.7 Å². The molecule has 2 saturated heterocycles. The number of benzene rings is 1. The maximum absolute atomic E-state index is 14.9. The Bertz CT molecular complexity index is 2060. The molecule has 3 N–H and O–H groups in total. The Morgan fingerprint density at radius 1 is 1.12 bits per heavy atom. The zero-order valence-corrected chi connectivity index (χ0v) is 34.3. The van der Waals surface area contributed by atoms with Gasteiger partial charge in [-0.25, -0.2) is 22.6 Å². The summed E-state index contributed by atoms with van der Waals surface area (Å²) >= 11 is 0. The molecule has 8 atom stereocenters. The number of nitrogens with zero attached hydrogens (tertiary/aromatic N) is 2. The van der Waals surface area contributed by atoms with Gasteiger partial charge in [0.15, 0.2) is 0 Å². The highest BCUT2D eigenvalue weighted by atomic mass is 32.2. The molecule has 1 aromatic carbocycles. The van der Waals surface area contributed by atoms with Crippen molar-refractivity contribution in [3.63, 3.8) is 0 Å². The average molecular weight is 828 g/mol. The molecule has 3 aliphatic heterocycles. The normalized spacial score (nSPS) is 32.9. The summed E-state index contributed by atoms with van der Waals surface area (Å²) < 4.78 is 64.2. The summed E-state index contributed by atoms with van der Waals surface area (Å²) in [6.07, 6.45) is 7.16. The first-order valence-corrected chi connectivity index (χ1v) is 21.7. The van der Waals surface area contributed by atoms with Crippen molar-refractivity contribution in [3.8, 4) is 11.6 Å². The number of nitrogens with one attached hydrogen (secondary N) is 3. The van der Waals surface area contributed by atoms with E-state index in [2.05, 4.69) is 27.3 Å². The van der Waals surface area contributed by atoms with E-state index < -0.39 is 86.4 Å². The zero-order valence-electron chi connectivity index (χ0n) is 33.5. The molecule has 4 fully saturated rings. The van der Waals surface area contributed by atoms with Gasteiger partial charge in [-0.3, -0.25) is 19.1 Å². The summed E-state index contributed by atoms with van der Waals surface area (Å²) in [6, 6.07) is 5.06. The van der Waals surface area contributed by atoms with Gasteiger partial charge < -0.3 is 34.5 Å². The van der Waals surface area contributed by atoms with Crippen molar-refractivity contribution in [3.05, 3.63) is 42.6 Å². The largest absolute Gasteiger partial charge is 0.494 e. The quantitative estimate of drug-likeness (QED) is 0.309. The highest BCUT2D eigenvalue weighted by Gasteiger charge is 2.64. The molecule has 15 nitrogen and oxygen atoms in total. The number of hydrogen-bond acceptors (Lipinski definition) is 11. The van der Waals surface area contributed by atoms with E-state index in [0.29, 0.717) is 43.4 Å². The topological polar surface area (TPSA) is 192 Å². The minimum Gasteiger partial charge on any atom is -0.494 e. The Hall–Kier alpha value is -4.51. The number of alkyl halides is 1. The third kappa shape index (κ3) is 8.34. The van der Waals surface area contributed by atoms with E-state index in [1.807, 2.05) is 43.3 Å². The fourth-order valence-corrected chi connectivity index (χ4v) is 10.1. The minimum atomic E-state index is -4.39. The fourth-order valence-electron chi connectivity index (χ4n) is 8.68. The molecule has 4 amide bonds. The highest BCUT2D eigenvalue weighted by molar-refractivity contribution is 7.91. The van der Waals surface area contributed by atoms with Crippen molar-refractivity contribution in [2.24, 2.45) is 17.8 Å². The Morgan fingerprint density at radius 3 is 2.57 bits per heavy atom. The molecule has 0 radical (unpaired) electrons. The second-order valence-electron chi connectivity index (χ2n) is 17.1. The van der Waals surface area contributed by atoms with Gasteiger partial charge in [-0.2, -0.15) is 0 Å². The second-order valence-corrected chi connectivity index (χ2v) is 19.2. The number of ether oxygens (including phenoxy) is 4. The Kier molecular flexibility index (Phi) is 11.7. The van der Waals surface area contributed by atoms with Crippen molar-refractivity contribution in [1.82, 2.24) is 25.2 Å². The molecule has 5 aliphatic rings.